The smallest absolute Gasteiger partial charge is 0.320 e. The molecule has 0 spiro atoms. The van der Waals surface area contributed by atoms with Crippen molar-refractivity contribution in [3.05, 3.63) is 33.3 Å². The van der Waals surface area contributed by atoms with Crippen molar-refractivity contribution < 1.29 is 9.90 Å². The van der Waals surface area contributed by atoms with E-state index in [2.05, 4.69) is 15.9 Å². The molecule has 1 aliphatic rings. The molecule has 1 saturated heterocycles. The van der Waals surface area contributed by atoms with Crippen LogP contribution in [-0.2, 0) is 11.3 Å². The molecule has 1 atom stereocenters. The van der Waals surface area contributed by atoms with Gasteiger partial charge in [0.1, 0.15) is 6.04 Å². The normalized spacial score (nSPS) is 19.6. The fraction of sp³-hybridized carbons (Fsp3) is 0.417. The first kappa shape index (κ1) is 15.8. The first-order valence-corrected chi connectivity index (χ1v) is 6.66. The maximum Gasteiger partial charge on any atom is 0.320 e. The van der Waals surface area contributed by atoms with E-state index in [-0.39, 0.29) is 18.4 Å². The van der Waals surface area contributed by atoms with Crippen molar-refractivity contribution in [3.8, 4) is 0 Å². The van der Waals surface area contributed by atoms with Gasteiger partial charge in [-0.1, -0.05) is 33.6 Å². The molecule has 0 bridgehead atoms. The number of carbonyl (C=O) groups is 1. The Morgan fingerprint density at radius 2 is 2.28 bits per heavy atom. The highest BCUT2D eigenvalue weighted by Crippen LogP contribution is 2.26. The molecule has 1 aromatic carbocycles. The summed E-state index contributed by atoms with van der Waals surface area (Å²) in [5.41, 5.74) is 1.07. The van der Waals surface area contributed by atoms with E-state index in [0.29, 0.717) is 11.6 Å². The summed E-state index contributed by atoms with van der Waals surface area (Å²) in [6.45, 7) is 1.49. The lowest BCUT2D eigenvalue weighted by atomic mass is 10.2. The van der Waals surface area contributed by atoms with E-state index in [9.17, 15) is 4.79 Å². The second-order valence-electron chi connectivity index (χ2n) is 4.20. The van der Waals surface area contributed by atoms with Gasteiger partial charge in [-0.2, -0.15) is 0 Å². The fourth-order valence-corrected chi connectivity index (χ4v) is 2.97. The third kappa shape index (κ3) is 3.60. The van der Waals surface area contributed by atoms with Gasteiger partial charge in [0.25, 0.3) is 0 Å². The number of nitrogens with zero attached hydrogens (tertiary/aromatic N) is 1. The molecule has 1 fully saturated rings. The molecule has 0 unspecified atom stereocenters. The largest absolute Gasteiger partial charge is 0.480 e. The Balaban J connectivity index is 0.00000162. The van der Waals surface area contributed by atoms with Crippen molar-refractivity contribution in [3.63, 3.8) is 0 Å². The minimum Gasteiger partial charge on any atom is -0.480 e. The van der Waals surface area contributed by atoms with Crippen LogP contribution in [-0.4, -0.2) is 28.6 Å². The Labute approximate surface area is 126 Å². The first-order chi connectivity index (χ1) is 8.08. The summed E-state index contributed by atoms with van der Waals surface area (Å²) in [4.78, 5) is 13.1. The Hall–Kier alpha value is -0.290. The second-order valence-corrected chi connectivity index (χ2v) is 5.49. The Bertz CT molecular complexity index is 442. The highest BCUT2D eigenvalue weighted by atomic mass is 79.9. The lowest BCUT2D eigenvalue weighted by Gasteiger charge is -2.21. The second kappa shape index (κ2) is 6.75. The van der Waals surface area contributed by atoms with Gasteiger partial charge in [-0.3, -0.25) is 9.69 Å². The number of carboxylic acids is 1. The van der Waals surface area contributed by atoms with Crippen molar-refractivity contribution >= 4 is 45.9 Å². The van der Waals surface area contributed by atoms with Crippen LogP contribution in [0.25, 0.3) is 0 Å². The number of halogens is 3. The quantitative estimate of drug-likeness (QED) is 0.901. The zero-order valence-corrected chi connectivity index (χ0v) is 12.8. The van der Waals surface area contributed by atoms with E-state index in [1.165, 1.54) is 0 Å². The van der Waals surface area contributed by atoms with Gasteiger partial charge in [0.2, 0.25) is 0 Å². The first-order valence-electron chi connectivity index (χ1n) is 5.48. The molecule has 1 heterocycles. The topological polar surface area (TPSA) is 40.5 Å². The van der Waals surface area contributed by atoms with E-state index in [1.54, 1.807) is 0 Å². The predicted octanol–water partition coefficient (Wildman–Crippen LogP) is 3.57. The zero-order valence-electron chi connectivity index (χ0n) is 9.60. The third-order valence-electron chi connectivity index (χ3n) is 3.04. The van der Waals surface area contributed by atoms with Gasteiger partial charge >= 0.3 is 5.97 Å². The highest BCUT2D eigenvalue weighted by Gasteiger charge is 2.30. The van der Waals surface area contributed by atoms with Gasteiger partial charge in [-0.15, -0.1) is 12.4 Å². The van der Waals surface area contributed by atoms with Gasteiger partial charge in [0.05, 0.1) is 0 Å². The van der Waals surface area contributed by atoms with E-state index >= 15 is 0 Å². The number of carboxylic acid groups (broad SMARTS) is 1. The van der Waals surface area contributed by atoms with Crippen LogP contribution in [0, 0.1) is 0 Å². The molecule has 6 heteroatoms. The number of benzene rings is 1. The van der Waals surface area contributed by atoms with Crippen molar-refractivity contribution in [2.75, 3.05) is 6.54 Å². The number of likely N-dealkylation sites (tertiary alicyclic amines) is 1. The van der Waals surface area contributed by atoms with Gasteiger partial charge in [-0.25, -0.2) is 0 Å². The summed E-state index contributed by atoms with van der Waals surface area (Å²) in [5, 5.41) is 9.78. The molecule has 0 aliphatic carbocycles. The van der Waals surface area contributed by atoms with Crippen LogP contribution in [0.3, 0.4) is 0 Å². The zero-order chi connectivity index (χ0) is 12.4. The molecule has 0 saturated carbocycles. The van der Waals surface area contributed by atoms with E-state index < -0.39 is 5.97 Å². The standard InChI is InChI=1S/C12H13BrClNO2.ClH/c13-10-6-9(14)4-3-8(10)7-15-5-1-2-11(15)12(16)17;/h3-4,6,11H,1-2,5,7H2,(H,16,17);1H/t11-;/m1./s1. The van der Waals surface area contributed by atoms with Gasteiger partial charge in [-0.05, 0) is 37.1 Å². The molecule has 0 radical (unpaired) electrons. The van der Waals surface area contributed by atoms with Crippen LogP contribution < -0.4 is 0 Å². The molecule has 18 heavy (non-hydrogen) atoms. The minimum atomic E-state index is -0.729. The van der Waals surface area contributed by atoms with Gasteiger partial charge in [0, 0.05) is 16.0 Å². The predicted molar refractivity (Wildman–Crippen MR) is 77.5 cm³/mol. The highest BCUT2D eigenvalue weighted by molar-refractivity contribution is 9.10. The summed E-state index contributed by atoms with van der Waals surface area (Å²) in [7, 11) is 0. The summed E-state index contributed by atoms with van der Waals surface area (Å²) in [6, 6.07) is 5.25. The number of rotatable bonds is 3. The Morgan fingerprint density at radius 3 is 2.89 bits per heavy atom. The average molecular weight is 355 g/mol. The van der Waals surface area contributed by atoms with Crippen molar-refractivity contribution in [1.29, 1.82) is 0 Å². The third-order valence-corrected chi connectivity index (χ3v) is 4.01. The maximum absolute atomic E-state index is 11.1. The molecular formula is C12H14BrCl2NO2. The molecule has 0 amide bonds. The molecule has 3 nitrogen and oxygen atoms in total. The SMILES string of the molecule is Cl.O=C(O)[C@H]1CCCN1Cc1ccc(Cl)cc1Br. The van der Waals surface area contributed by atoms with Crippen molar-refractivity contribution in [2.45, 2.75) is 25.4 Å². The summed E-state index contributed by atoms with van der Waals surface area (Å²) in [5.74, 6) is -0.729. The molecule has 1 aromatic rings. The van der Waals surface area contributed by atoms with Gasteiger partial charge in [0.15, 0.2) is 0 Å². The summed E-state index contributed by atoms with van der Waals surface area (Å²) < 4.78 is 0.932. The fourth-order valence-electron chi connectivity index (χ4n) is 2.16. The molecule has 100 valence electrons. The summed E-state index contributed by atoms with van der Waals surface area (Å²) in [6.07, 6.45) is 1.68. The van der Waals surface area contributed by atoms with Crippen LogP contribution in [0.5, 0.6) is 0 Å². The molecule has 1 aliphatic heterocycles. The molecule has 1 N–H and O–H groups in total. The van der Waals surface area contributed by atoms with Crippen LogP contribution in [0.2, 0.25) is 5.02 Å². The van der Waals surface area contributed by atoms with Crippen LogP contribution in [0.15, 0.2) is 22.7 Å². The van der Waals surface area contributed by atoms with Gasteiger partial charge < -0.3 is 5.11 Å². The molecule has 0 aromatic heterocycles. The number of hydrogen-bond donors (Lipinski definition) is 1. The average Bonchev–Trinajstić information content (AvgIpc) is 2.70. The lowest BCUT2D eigenvalue weighted by molar-refractivity contribution is -0.142. The summed E-state index contributed by atoms with van der Waals surface area (Å²) >= 11 is 9.33. The number of aliphatic carboxylic acids is 1. The minimum absolute atomic E-state index is 0. The van der Waals surface area contributed by atoms with Crippen molar-refractivity contribution in [1.82, 2.24) is 4.90 Å². The maximum atomic E-state index is 11.1. The van der Waals surface area contributed by atoms with E-state index in [1.807, 2.05) is 23.1 Å². The van der Waals surface area contributed by atoms with Crippen LogP contribution in [0.4, 0.5) is 0 Å². The molecule has 2 rings (SSSR count). The Kier molecular flexibility index (Phi) is 5.92. The van der Waals surface area contributed by atoms with E-state index in [0.717, 1.165) is 29.4 Å². The Morgan fingerprint density at radius 1 is 1.56 bits per heavy atom. The monoisotopic (exact) mass is 353 g/mol. The van der Waals surface area contributed by atoms with Crippen LogP contribution >= 0.6 is 39.9 Å². The van der Waals surface area contributed by atoms with Crippen LogP contribution in [0.1, 0.15) is 18.4 Å². The lowest BCUT2D eigenvalue weighted by Crippen LogP contribution is -2.35. The number of hydrogen-bond acceptors (Lipinski definition) is 2. The van der Waals surface area contributed by atoms with E-state index in [4.69, 9.17) is 16.7 Å². The van der Waals surface area contributed by atoms with Crippen molar-refractivity contribution in [2.24, 2.45) is 0 Å². The molecular weight excluding hydrogens is 341 g/mol.